The number of rotatable bonds is 5. The van der Waals surface area contributed by atoms with E-state index in [4.69, 9.17) is 4.74 Å². The number of aliphatic carboxylic acids is 1. The predicted molar refractivity (Wildman–Crippen MR) is 70.2 cm³/mol. The van der Waals surface area contributed by atoms with Crippen LogP contribution in [0.15, 0.2) is 18.2 Å². The molecule has 0 aromatic heterocycles. The number of hydrogen-bond acceptors (Lipinski definition) is 4. The molecule has 0 heterocycles. The summed E-state index contributed by atoms with van der Waals surface area (Å²) < 4.78 is 18.6. The number of carbonyl (C=O) groups excluding carboxylic acids is 1. The number of esters is 1. The summed E-state index contributed by atoms with van der Waals surface area (Å²) in [5, 5.41) is 12.0. The van der Waals surface area contributed by atoms with E-state index < -0.39 is 23.3 Å². The Kier molecular flexibility index (Phi) is 3.92. The summed E-state index contributed by atoms with van der Waals surface area (Å²) >= 11 is 0. The van der Waals surface area contributed by atoms with Crippen molar-refractivity contribution in [2.24, 2.45) is 0 Å². The largest absolute Gasteiger partial charge is 0.480 e. The van der Waals surface area contributed by atoms with E-state index in [1.807, 2.05) is 0 Å². The molecule has 20 heavy (non-hydrogen) atoms. The van der Waals surface area contributed by atoms with Crippen molar-refractivity contribution < 1.29 is 23.8 Å². The Morgan fingerprint density at radius 3 is 2.60 bits per heavy atom. The molecule has 108 valence electrons. The number of nitrogens with one attached hydrogen (secondary N) is 1. The Hall–Kier alpha value is -2.11. The number of carboxylic acids is 1. The van der Waals surface area contributed by atoms with Crippen molar-refractivity contribution in [3.63, 3.8) is 0 Å². The van der Waals surface area contributed by atoms with Gasteiger partial charge in [0.05, 0.1) is 12.2 Å². The molecule has 0 saturated heterocycles. The number of carboxylic acid groups (broad SMARTS) is 1. The zero-order chi connectivity index (χ0) is 14.8. The molecule has 1 saturated carbocycles. The first-order valence-electron chi connectivity index (χ1n) is 6.47. The molecule has 5 nitrogen and oxygen atoms in total. The maximum atomic E-state index is 13.8. The fourth-order valence-electron chi connectivity index (χ4n) is 2.17. The van der Waals surface area contributed by atoms with Crippen LogP contribution in [0, 0.1) is 5.82 Å². The summed E-state index contributed by atoms with van der Waals surface area (Å²) in [7, 11) is 0. The number of halogens is 1. The van der Waals surface area contributed by atoms with Crippen LogP contribution in [0.3, 0.4) is 0 Å². The summed E-state index contributed by atoms with van der Waals surface area (Å²) in [6, 6.07) is 3.90. The van der Waals surface area contributed by atoms with Gasteiger partial charge in [-0.15, -0.1) is 0 Å². The second-order valence-corrected chi connectivity index (χ2v) is 4.78. The average Bonchev–Trinajstić information content (AvgIpc) is 2.33. The third-order valence-corrected chi connectivity index (χ3v) is 3.46. The normalized spacial score (nSPS) is 16.1. The van der Waals surface area contributed by atoms with E-state index in [2.05, 4.69) is 5.32 Å². The Labute approximate surface area is 115 Å². The molecule has 6 heteroatoms. The smallest absolute Gasteiger partial charge is 0.341 e. The summed E-state index contributed by atoms with van der Waals surface area (Å²) in [6.45, 7) is 1.80. The van der Waals surface area contributed by atoms with Crippen LogP contribution in [0.4, 0.5) is 10.1 Å². The van der Waals surface area contributed by atoms with Crippen molar-refractivity contribution >= 4 is 17.6 Å². The number of ether oxygens (including phenoxy) is 1. The van der Waals surface area contributed by atoms with E-state index in [0.29, 0.717) is 18.5 Å². The number of hydrogen-bond donors (Lipinski definition) is 2. The van der Waals surface area contributed by atoms with E-state index in [-0.39, 0.29) is 12.2 Å². The first-order chi connectivity index (χ1) is 9.48. The molecule has 2 N–H and O–H groups in total. The maximum absolute atomic E-state index is 13.8. The van der Waals surface area contributed by atoms with Crippen molar-refractivity contribution in [2.75, 3.05) is 11.9 Å². The second kappa shape index (κ2) is 5.48. The molecule has 0 atom stereocenters. The number of anilines is 1. The van der Waals surface area contributed by atoms with Gasteiger partial charge in [-0.05, 0) is 44.4 Å². The monoisotopic (exact) mass is 281 g/mol. The minimum atomic E-state index is -1.02. The van der Waals surface area contributed by atoms with Gasteiger partial charge < -0.3 is 15.2 Å². The lowest BCUT2D eigenvalue weighted by atomic mass is 9.76. The van der Waals surface area contributed by atoms with Gasteiger partial charge in [0.25, 0.3) is 0 Å². The van der Waals surface area contributed by atoms with Crippen LogP contribution in [0.2, 0.25) is 0 Å². The van der Waals surface area contributed by atoms with E-state index in [0.717, 1.165) is 12.5 Å². The van der Waals surface area contributed by atoms with Crippen molar-refractivity contribution in [2.45, 2.75) is 31.7 Å². The third-order valence-electron chi connectivity index (χ3n) is 3.46. The highest BCUT2D eigenvalue weighted by molar-refractivity contribution is 5.90. The lowest BCUT2D eigenvalue weighted by molar-refractivity contribution is -0.145. The number of benzene rings is 1. The van der Waals surface area contributed by atoms with Gasteiger partial charge in [-0.2, -0.15) is 0 Å². The molecular weight excluding hydrogens is 265 g/mol. The first kappa shape index (κ1) is 14.3. The van der Waals surface area contributed by atoms with Crippen LogP contribution >= 0.6 is 0 Å². The topological polar surface area (TPSA) is 75.6 Å². The van der Waals surface area contributed by atoms with Gasteiger partial charge in [0.15, 0.2) is 0 Å². The average molecular weight is 281 g/mol. The summed E-state index contributed by atoms with van der Waals surface area (Å²) in [5.41, 5.74) is -0.828. The summed E-state index contributed by atoms with van der Waals surface area (Å²) in [5.74, 6) is -2.40. The van der Waals surface area contributed by atoms with Crippen molar-refractivity contribution in [3.8, 4) is 0 Å². The molecular formula is C14H16FNO4. The zero-order valence-electron chi connectivity index (χ0n) is 11.1. The molecule has 0 aliphatic heterocycles. The van der Waals surface area contributed by atoms with Gasteiger partial charge in [-0.1, -0.05) is 0 Å². The molecule has 0 unspecified atom stereocenters. The molecule has 1 aromatic rings. The second-order valence-electron chi connectivity index (χ2n) is 4.78. The first-order valence-corrected chi connectivity index (χ1v) is 6.47. The summed E-state index contributed by atoms with van der Waals surface area (Å²) in [4.78, 5) is 22.7. The minimum Gasteiger partial charge on any atom is -0.480 e. The van der Waals surface area contributed by atoms with Crippen LogP contribution in [0.5, 0.6) is 0 Å². The van der Waals surface area contributed by atoms with Gasteiger partial charge in [-0.3, -0.25) is 0 Å². The molecule has 0 spiro atoms. The zero-order valence-corrected chi connectivity index (χ0v) is 11.1. The summed E-state index contributed by atoms with van der Waals surface area (Å²) in [6.07, 6.45) is 1.83. The van der Waals surface area contributed by atoms with Gasteiger partial charge >= 0.3 is 11.9 Å². The van der Waals surface area contributed by atoms with Crippen LogP contribution in [-0.2, 0) is 9.53 Å². The highest BCUT2D eigenvalue weighted by Gasteiger charge is 2.44. The standard InChI is InChI=1S/C14H16FNO4/c1-2-20-12(17)10-5-4-9(8-11(10)15)16-14(13(18)19)6-3-7-14/h4-5,8,16H,2-3,6-7H2,1H3,(H,18,19). The molecule has 0 radical (unpaired) electrons. The SMILES string of the molecule is CCOC(=O)c1ccc(NC2(C(=O)O)CCC2)cc1F. The van der Waals surface area contributed by atoms with E-state index in [1.165, 1.54) is 12.1 Å². The van der Waals surface area contributed by atoms with Crippen LogP contribution in [0.1, 0.15) is 36.5 Å². The minimum absolute atomic E-state index is 0.157. The molecule has 1 aromatic carbocycles. The fourth-order valence-corrected chi connectivity index (χ4v) is 2.17. The highest BCUT2D eigenvalue weighted by atomic mass is 19.1. The molecule has 2 rings (SSSR count). The highest BCUT2D eigenvalue weighted by Crippen LogP contribution is 2.35. The maximum Gasteiger partial charge on any atom is 0.341 e. The van der Waals surface area contributed by atoms with Gasteiger partial charge in [0.1, 0.15) is 11.4 Å². The van der Waals surface area contributed by atoms with E-state index in [1.54, 1.807) is 6.92 Å². The fraction of sp³-hybridized carbons (Fsp3) is 0.429. The van der Waals surface area contributed by atoms with Crippen LogP contribution in [0.25, 0.3) is 0 Å². The molecule has 1 aliphatic carbocycles. The van der Waals surface area contributed by atoms with E-state index >= 15 is 0 Å². The quantitative estimate of drug-likeness (QED) is 0.811. The Balaban J connectivity index is 2.17. The molecule has 0 amide bonds. The Morgan fingerprint density at radius 1 is 1.45 bits per heavy atom. The Morgan fingerprint density at radius 2 is 2.15 bits per heavy atom. The van der Waals surface area contributed by atoms with Gasteiger partial charge in [0, 0.05) is 5.69 Å². The van der Waals surface area contributed by atoms with Gasteiger partial charge in [0.2, 0.25) is 0 Å². The van der Waals surface area contributed by atoms with Crippen LogP contribution in [-0.4, -0.2) is 29.2 Å². The van der Waals surface area contributed by atoms with Crippen LogP contribution < -0.4 is 5.32 Å². The predicted octanol–water partition coefficient (Wildman–Crippen LogP) is 2.42. The van der Waals surface area contributed by atoms with Crippen molar-refractivity contribution in [1.29, 1.82) is 0 Å². The number of carbonyl (C=O) groups is 2. The lowest BCUT2D eigenvalue weighted by Gasteiger charge is -2.39. The van der Waals surface area contributed by atoms with E-state index in [9.17, 15) is 19.1 Å². The molecule has 1 aliphatic rings. The lowest BCUT2D eigenvalue weighted by Crippen LogP contribution is -2.52. The van der Waals surface area contributed by atoms with Crippen molar-refractivity contribution in [1.82, 2.24) is 0 Å². The molecule has 0 bridgehead atoms. The van der Waals surface area contributed by atoms with Gasteiger partial charge in [-0.25, -0.2) is 14.0 Å². The Bertz CT molecular complexity index is 540. The molecule has 1 fully saturated rings. The van der Waals surface area contributed by atoms with Crippen molar-refractivity contribution in [3.05, 3.63) is 29.6 Å². The third kappa shape index (κ3) is 2.59.